The van der Waals surface area contributed by atoms with Crippen molar-refractivity contribution in [3.05, 3.63) is 53.6 Å². The number of fused-ring (bicyclic) bond motifs is 1. The van der Waals surface area contributed by atoms with Gasteiger partial charge in [0.05, 0.1) is 18.0 Å². The van der Waals surface area contributed by atoms with E-state index in [4.69, 9.17) is 11.6 Å². The summed E-state index contributed by atoms with van der Waals surface area (Å²) >= 11 is 5.94. The summed E-state index contributed by atoms with van der Waals surface area (Å²) in [5.41, 5.74) is 3.05. The molecule has 0 amide bonds. The number of aliphatic hydroxyl groups is 1. The highest BCUT2D eigenvalue weighted by molar-refractivity contribution is 6.30. The zero-order valence-electron chi connectivity index (χ0n) is 9.42. The minimum Gasteiger partial charge on any atom is -0.390 e. The third-order valence-electron chi connectivity index (χ3n) is 2.77. The summed E-state index contributed by atoms with van der Waals surface area (Å²) in [5, 5.41) is 10.1. The minimum atomic E-state index is -0.0903. The van der Waals surface area contributed by atoms with Crippen LogP contribution in [0.3, 0.4) is 0 Å². The van der Waals surface area contributed by atoms with Gasteiger partial charge in [-0.1, -0.05) is 11.6 Å². The van der Waals surface area contributed by atoms with Crippen LogP contribution in [0.15, 0.2) is 42.9 Å². The fraction of sp³-hybridized carbons (Fsp3) is 0.0769. The Hall–Kier alpha value is -1.91. The first-order valence-corrected chi connectivity index (χ1v) is 5.85. The van der Waals surface area contributed by atoms with Crippen molar-refractivity contribution in [3.63, 3.8) is 0 Å². The van der Waals surface area contributed by atoms with E-state index >= 15 is 0 Å². The summed E-state index contributed by atoms with van der Waals surface area (Å²) in [6.07, 6.45) is 5.23. The highest BCUT2D eigenvalue weighted by atomic mass is 35.5. The number of hydrogen-bond acceptors (Lipinski definition) is 3. The fourth-order valence-corrected chi connectivity index (χ4v) is 2.11. The molecular weight excluding hydrogens is 250 g/mol. The maximum Gasteiger partial charge on any atom is 0.139 e. The number of aliphatic hydroxyl groups excluding tert-OH is 1. The Bertz CT molecular complexity index is 694. The number of imidazole rings is 1. The van der Waals surface area contributed by atoms with Crippen molar-refractivity contribution in [2.45, 2.75) is 6.61 Å². The molecule has 3 aromatic rings. The van der Waals surface area contributed by atoms with Crippen LogP contribution < -0.4 is 0 Å². The van der Waals surface area contributed by atoms with Gasteiger partial charge in [-0.05, 0) is 18.2 Å². The zero-order chi connectivity index (χ0) is 12.5. The molecule has 0 saturated heterocycles. The van der Waals surface area contributed by atoms with Gasteiger partial charge in [-0.2, -0.15) is 0 Å². The summed E-state index contributed by atoms with van der Waals surface area (Å²) in [5.74, 6) is 0. The maximum absolute atomic E-state index is 9.52. The lowest BCUT2D eigenvalue weighted by atomic mass is 10.2. The van der Waals surface area contributed by atoms with Crippen molar-refractivity contribution >= 4 is 17.2 Å². The number of pyridine rings is 2. The first kappa shape index (κ1) is 11.2. The topological polar surface area (TPSA) is 50.4 Å². The van der Waals surface area contributed by atoms with E-state index in [-0.39, 0.29) is 6.61 Å². The minimum absolute atomic E-state index is 0.0903. The van der Waals surface area contributed by atoms with E-state index in [1.807, 2.05) is 16.5 Å². The van der Waals surface area contributed by atoms with Crippen LogP contribution in [0.4, 0.5) is 0 Å². The Labute approximate surface area is 109 Å². The normalized spacial score (nSPS) is 11.0. The molecule has 18 heavy (non-hydrogen) atoms. The zero-order valence-corrected chi connectivity index (χ0v) is 10.2. The van der Waals surface area contributed by atoms with Crippen LogP contribution in [0.25, 0.3) is 16.9 Å². The summed E-state index contributed by atoms with van der Waals surface area (Å²) in [4.78, 5) is 8.56. The van der Waals surface area contributed by atoms with Crippen molar-refractivity contribution in [1.29, 1.82) is 0 Å². The first-order chi connectivity index (χ1) is 8.79. The van der Waals surface area contributed by atoms with Crippen molar-refractivity contribution in [2.75, 3.05) is 0 Å². The smallest absolute Gasteiger partial charge is 0.139 e. The molecule has 0 aliphatic carbocycles. The van der Waals surface area contributed by atoms with Gasteiger partial charge in [-0.3, -0.25) is 4.98 Å². The van der Waals surface area contributed by atoms with Gasteiger partial charge in [0.25, 0.3) is 0 Å². The van der Waals surface area contributed by atoms with Crippen molar-refractivity contribution in [1.82, 2.24) is 14.4 Å². The number of halogens is 1. The monoisotopic (exact) mass is 259 g/mol. The molecule has 5 heteroatoms. The van der Waals surface area contributed by atoms with E-state index in [1.165, 1.54) is 0 Å². The van der Waals surface area contributed by atoms with Gasteiger partial charge in [0.2, 0.25) is 0 Å². The quantitative estimate of drug-likeness (QED) is 0.769. The molecule has 0 aliphatic rings. The summed E-state index contributed by atoms with van der Waals surface area (Å²) < 4.78 is 1.83. The molecule has 3 rings (SSSR count). The molecule has 0 unspecified atom stereocenters. The van der Waals surface area contributed by atoms with Crippen LogP contribution >= 0.6 is 11.6 Å². The Morgan fingerprint density at radius 1 is 1.33 bits per heavy atom. The standard InChI is InChI=1S/C13H10ClN3O/c14-10-3-5-17-11(8-18)13(16-12(17)6-10)9-2-1-4-15-7-9/h1-7,18H,8H2. The van der Waals surface area contributed by atoms with Gasteiger partial charge >= 0.3 is 0 Å². The van der Waals surface area contributed by atoms with Crippen molar-refractivity contribution in [3.8, 4) is 11.3 Å². The third-order valence-corrected chi connectivity index (χ3v) is 3.01. The Morgan fingerprint density at radius 2 is 2.22 bits per heavy atom. The van der Waals surface area contributed by atoms with Crippen LogP contribution in [0.1, 0.15) is 5.69 Å². The molecule has 4 nitrogen and oxygen atoms in total. The molecule has 1 N–H and O–H groups in total. The molecule has 3 heterocycles. The lowest BCUT2D eigenvalue weighted by Gasteiger charge is -2.01. The average Bonchev–Trinajstić information content (AvgIpc) is 2.77. The second kappa shape index (κ2) is 4.40. The van der Waals surface area contributed by atoms with Gasteiger partial charge in [0, 0.05) is 35.2 Å². The highest BCUT2D eigenvalue weighted by Gasteiger charge is 2.13. The van der Waals surface area contributed by atoms with Gasteiger partial charge < -0.3 is 9.51 Å². The number of nitrogens with zero attached hydrogens (tertiary/aromatic N) is 3. The number of hydrogen-bond donors (Lipinski definition) is 1. The summed E-state index contributed by atoms with van der Waals surface area (Å²) in [6, 6.07) is 7.28. The van der Waals surface area contributed by atoms with Gasteiger partial charge in [0.15, 0.2) is 0 Å². The van der Waals surface area contributed by atoms with Crippen LogP contribution in [0.5, 0.6) is 0 Å². The van der Waals surface area contributed by atoms with E-state index in [0.717, 1.165) is 17.0 Å². The number of rotatable bonds is 2. The molecule has 90 valence electrons. The molecule has 0 spiro atoms. The molecule has 0 aromatic carbocycles. The second-order valence-corrected chi connectivity index (χ2v) is 4.32. The molecule has 0 fully saturated rings. The predicted molar refractivity (Wildman–Crippen MR) is 69.4 cm³/mol. The summed E-state index contributed by atoms with van der Waals surface area (Å²) in [7, 11) is 0. The lowest BCUT2D eigenvalue weighted by Crippen LogP contribution is -1.93. The Balaban J connectivity index is 2.29. The van der Waals surface area contributed by atoms with Gasteiger partial charge in [-0.15, -0.1) is 0 Å². The first-order valence-electron chi connectivity index (χ1n) is 5.47. The second-order valence-electron chi connectivity index (χ2n) is 3.88. The van der Waals surface area contributed by atoms with Crippen LogP contribution in [0, 0.1) is 0 Å². The van der Waals surface area contributed by atoms with E-state index in [1.54, 1.807) is 30.7 Å². The van der Waals surface area contributed by atoms with Crippen LogP contribution in [-0.2, 0) is 6.61 Å². The Morgan fingerprint density at radius 3 is 2.94 bits per heavy atom. The number of aromatic nitrogens is 3. The lowest BCUT2D eigenvalue weighted by molar-refractivity contribution is 0.276. The highest BCUT2D eigenvalue weighted by Crippen LogP contribution is 2.25. The SMILES string of the molecule is OCc1c(-c2cccnc2)nc2cc(Cl)ccn12. The van der Waals surface area contributed by atoms with E-state index in [0.29, 0.717) is 10.7 Å². The molecule has 0 saturated carbocycles. The van der Waals surface area contributed by atoms with E-state index in [9.17, 15) is 5.11 Å². The molecule has 3 aromatic heterocycles. The maximum atomic E-state index is 9.52. The van der Waals surface area contributed by atoms with Gasteiger partial charge in [-0.25, -0.2) is 4.98 Å². The Kier molecular flexibility index (Phi) is 2.74. The van der Waals surface area contributed by atoms with Crippen molar-refractivity contribution < 1.29 is 5.11 Å². The largest absolute Gasteiger partial charge is 0.390 e. The van der Waals surface area contributed by atoms with E-state index in [2.05, 4.69) is 9.97 Å². The molecule has 0 bridgehead atoms. The van der Waals surface area contributed by atoms with Crippen LogP contribution in [0.2, 0.25) is 5.02 Å². The molecular formula is C13H10ClN3O. The summed E-state index contributed by atoms with van der Waals surface area (Å²) in [6.45, 7) is -0.0903. The van der Waals surface area contributed by atoms with E-state index < -0.39 is 0 Å². The molecule has 0 atom stereocenters. The van der Waals surface area contributed by atoms with Crippen molar-refractivity contribution in [2.24, 2.45) is 0 Å². The molecule has 0 radical (unpaired) electrons. The van der Waals surface area contributed by atoms with Gasteiger partial charge in [0.1, 0.15) is 5.65 Å². The predicted octanol–water partition coefficient (Wildman–Crippen LogP) is 2.54. The average molecular weight is 260 g/mol. The molecule has 0 aliphatic heterocycles. The van der Waals surface area contributed by atoms with Crippen LogP contribution in [-0.4, -0.2) is 19.5 Å². The fourth-order valence-electron chi connectivity index (χ4n) is 1.96. The third kappa shape index (κ3) is 1.75.